The van der Waals surface area contributed by atoms with Crippen LogP contribution < -0.4 is 10.2 Å². The second-order valence-electron chi connectivity index (χ2n) is 9.70. The molecule has 2 aliphatic rings. The molecule has 1 atom stereocenters. The molecular formula is C27H37N3O2. The van der Waals surface area contributed by atoms with Crippen molar-refractivity contribution in [3.8, 4) is 11.1 Å². The molecule has 32 heavy (non-hydrogen) atoms. The average molecular weight is 436 g/mol. The second kappa shape index (κ2) is 10.5. The molecule has 172 valence electrons. The lowest BCUT2D eigenvalue weighted by Crippen LogP contribution is -2.52. The van der Waals surface area contributed by atoms with Gasteiger partial charge in [-0.15, -0.1) is 0 Å². The summed E-state index contributed by atoms with van der Waals surface area (Å²) < 4.78 is 0. The van der Waals surface area contributed by atoms with E-state index in [4.69, 9.17) is 0 Å². The predicted octanol–water partition coefficient (Wildman–Crippen LogP) is 4.44. The van der Waals surface area contributed by atoms with Crippen molar-refractivity contribution in [3.63, 3.8) is 0 Å². The maximum atomic E-state index is 11.8. The molecule has 0 radical (unpaired) electrons. The third kappa shape index (κ3) is 5.51. The summed E-state index contributed by atoms with van der Waals surface area (Å²) in [5, 5.41) is 13.2. The van der Waals surface area contributed by atoms with Gasteiger partial charge in [0.2, 0.25) is 0 Å². The van der Waals surface area contributed by atoms with Gasteiger partial charge in [-0.05, 0) is 67.1 Å². The lowest BCUT2D eigenvalue weighted by atomic mass is 9.88. The summed E-state index contributed by atoms with van der Waals surface area (Å²) in [5.41, 5.74) is 4.39. The summed E-state index contributed by atoms with van der Waals surface area (Å²) >= 11 is 0. The van der Waals surface area contributed by atoms with E-state index in [9.17, 15) is 9.90 Å². The van der Waals surface area contributed by atoms with Crippen molar-refractivity contribution in [2.45, 2.75) is 45.1 Å². The highest BCUT2D eigenvalue weighted by atomic mass is 16.4. The van der Waals surface area contributed by atoms with E-state index in [1.54, 1.807) is 0 Å². The summed E-state index contributed by atoms with van der Waals surface area (Å²) in [5.74, 6) is -0.852. The van der Waals surface area contributed by atoms with Crippen LogP contribution in [-0.2, 0) is 4.79 Å². The zero-order valence-corrected chi connectivity index (χ0v) is 19.5. The summed E-state index contributed by atoms with van der Waals surface area (Å²) in [6.07, 6.45) is 3.20. The third-order valence-corrected chi connectivity index (χ3v) is 7.00. The lowest BCUT2D eigenvalue weighted by molar-refractivity contribution is -0.139. The first-order chi connectivity index (χ1) is 15.5. The van der Waals surface area contributed by atoms with Crippen LogP contribution in [0.1, 0.15) is 44.6 Å². The number of anilines is 1. The first-order valence-corrected chi connectivity index (χ1v) is 12.1. The number of aliphatic carboxylic acids is 1. The fraction of sp³-hybridized carbons (Fsp3) is 0.519. The van der Waals surface area contributed by atoms with Gasteiger partial charge < -0.3 is 15.3 Å². The van der Waals surface area contributed by atoms with Crippen molar-refractivity contribution in [2.75, 3.05) is 44.2 Å². The fourth-order valence-corrected chi connectivity index (χ4v) is 5.17. The van der Waals surface area contributed by atoms with Gasteiger partial charge in [-0.25, -0.2) is 0 Å². The van der Waals surface area contributed by atoms with E-state index in [0.717, 1.165) is 62.0 Å². The average Bonchev–Trinajstić information content (AvgIpc) is 2.83. The van der Waals surface area contributed by atoms with E-state index in [-0.39, 0.29) is 0 Å². The Hall–Kier alpha value is -2.37. The molecule has 2 heterocycles. The number of carbonyl (C=O) groups is 1. The number of benzene rings is 2. The van der Waals surface area contributed by atoms with Crippen LogP contribution in [0, 0.1) is 5.92 Å². The Balaban J connectivity index is 1.41. The van der Waals surface area contributed by atoms with Gasteiger partial charge >= 0.3 is 5.97 Å². The van der Waals surface area contributed by atoms with Crippen LogP contribution in [0.3, 0.4) is 0 Å². The van der Waals surface area contributed by atoms with E-state index in [0.29, 0.717) is 12.3 Å². The van der Waals surface area contributed by atoms with Gasteiger partial charge in [0.25, 0.3) is 0 Å². The molecule has 2 aromatic carbocycles. The summed E-state index contributed by atoms with van der Waals surface area (Å²) in [6, 6.07) is 17.6. The Bertz CT molecular complexity index is 882. The molecule has 5 heteroatoms. The molecule has 0 bridgehead atoms. The predicted molar refractivity (Wildman–Crippen MR) is 131 cm³/mol. The topological polar surface area (TPSA) is 55.8 Å². The van der Waals surface area contributed by atoms with E-state index in [1.807, 2.05) is 18.2 Å². The molecule has 2 aliphatic heterocycles. The van der Waals surface area contributed by atoms with E-state index in [1.165, 1.54) is 18.5 Å². The van der Waals surface area contributed by atoms with Gasteiger partial charge in [0.1, 0.15) is 0 Å². The Labute approximate surface area is 192 Å². The molecule has 2 N–H and O–H groups in total. The molecule has 0 amide bonds. The van der Waals surface area contributed by atoms with E-state index < -0.39 is 11.9 Å². The monoisotopic (exact) mass is 435 g/mol. The molecule has 0 aromatic heterocycles. The summed E-state index contributed by atoms with van der Waals surface area (Å²) in [7, 11) is 0. The van der Waals surface area contributed by atoms with Crippen LogP contribution >= 0.6 is 0 Å². The molecule has 0 saturated carbocycles. The fourth-order valence-electron chi connectivity index (χ4n) is 5.17. The number of nitrogens with zero attached hydrogens (tertiary/aromatic N) is 2. The molecule has 2 fully saturated rings. The lowest BCUT2D eigenvalue weighted by Gasteiger charge is -2.41. The molecule has 1 unspecified atom stereocenters. The van der Waals surface area contributed by atoms with Crippen molar-refractivity contribution in [1.29, 1.82) is 0 Å². The number of hydrogen-bond donors (Lipinski definition) is 2. The maximum Gasteiger partial charge on any atom is 0.310 e. The van der Waals surface area contributed by atoms with Crippen LogP contribution in [0.15, 0.2) is 48.5 Å². The Morgan fingerprint density at radius 2 is 1.69 bits per heavy atom. The highest BCUT2D eigenvalue weighted by Gasteiger charge is 2.25. The summed E-state index contributed by atoms with van der Waals surface area (Å²) in [4.78, 5) is 17.0. The molecule has 2 saturated heterocycles. The highest BCUT2D eigenvalue weighted by Crippen LogP contribution is 2.30. The van der Waals surface area contributed by atoms with E-state index >= 15 is 0 Å². The van der Waals surface area contributed by atoms with Crippen LogP contribution in [0.25, 0.3) is 11.1 Å². The highest BCUT2D eigenvalue weighted by molar-refractivity contribution is 5.77. The number of carboxylic acids is 1. The molecule has 2 aromatic rings. The number of carboxylic acid groups (broad SMARTS) is 1. The van der Waals surface area contributed by atoms with Gasteiger partial charge in [-0.3, -0.25) is 9.69 Å². The Morgan fingerprint density at radius 3 is 2.31 bits per heavy atom. The minimum atomic E-state index is -0.741. The van der Waals surface area contributed by atoms with Crippen LogP contribution in [-0.4, -0.2) is 61.3 Å². The van der Waals surface area contributed by atoms with Gasteiger partial charge in [0.15, 0.2) is 0 Å². The third-order valence-electron chi connectivity index (χ3n) is 7.00. The normalized spacial score (nSPS) is 19.3. The van der Waals surface area contributed by atoms with Gasteiger partial charge in [-0.1, -0.05) is 50.2 Å². The molecule has 0 aliphatic carbocycles. The molecular weight excluding hydrogens is 398 g/mol. The summed E-state index contributed by atoms with van der Waals surface area (Å²) in [6.45, 7) is 10.9. The van der Waals surface area contributed by atoms with Crippen molar-refractivity contribution in [2.24, 2.45) is 5.92 Å². The van der Waals surface area contributed by atoms with Crippen LogP contribution in [0.5, 0.6) is 0 Å². The van der Waals surface area contributed by atoms with Gasteiger partial charge in [0, 0.05) is 37.9 Å². The van der Waals surface area contributed by atoms with Crippen molar-refractivity contribution >= 4 is 11.7 Å². The number of rotatable bonds is 7. The smallest absolute Gasteiger partial charge is 0.310 e. The Morgan fingerprint density at radius 1 is 1.00 bits per heavy atom. The number of piperidine rings is 1. The largest absolute Gasteiger partial charge is 0.481 e. The number of piperazine rings is 1. The molecule has 4 rings (SSSR count). The standard InChI is InChI=1S/C27H37N3O2/c1-20(2)18-26(27(31)32)23-5-3-4-22(19-23)21-6-8-24(9-7-21)29-14-16-30(17-15-29)25-10-12-28-13-11-25/h3-9,19-20,25-26,28H,10-18H2,1-2H3,(H,31,32). The number of hydrogen-bond acceptors (Lipinski definition) is 4. The quantitative estimate of drug-likeness (QED) is 0.673. The van der Waals surface area contributed by atoms with E-state index in [2.05, 4.69) is 59.3 Å². The molecule has 5 nitrogen and oxygen atoms in total. The van der Waals surface area contributed by atoms with Gasteiger partial charge in [0.05, 0.1) is 5.92 Å². The van der Waals surface area contributed by atoms with Crippen LogP contribution in [0.2, 0.25) is 0 Å². The van der Waals surface area contributed by atoms with Crippen molar-refractivity contribution in [3.05, 3.63) is 54.1 Å². The second-order valence-corrected chi connectivity index (χ2v) is 9.70. The molecule has 0 spiro atoms. The Kier molecular flexibility index (Phi) is 7.48. The minimum Gasteiger partial charge on any atom is -0.481 e. The zero-order valence-electron chi connectivity index (χ0n) is 19.5. The SMILES string of the molecule is CC(C)CC(C(=O)O)c1cccc(-c2ccc(N3CCN(C4CCNCC4)CC3)cc2)c1. The number of nitrogens with one attached hydrogen (secondary N) is 1. The first-order valence-electron chi connectivity index (χ1n) is 12.1. The maximum absolute atomic E-state index is 11.8. The van der Waals surface area contributed by atoms with Crippen molar-refractivity contribution < 1.29 is 9.90 Å². The zero-order chi connectivity index (χ0) is 22.5. The first kappa shape index (κ1) is 22.8. The van der Waals surface area contributed by atoms with Crippen molar-refractivity contribution in [1.82, 2.24) is 10.2 Å². The minimum absolute atomic E-state index is 0.342. The van der Waals surface area contributed by atoms with Crippen LogP contribution in [0.4, 0.5) is 5.69 Å². The van der Waals surface area contributed by atoms with Gasteiger partial charge in [-0.2, -0.15) is 0 Å².